The molecule has 7 nitrogen and oxygen atoms in total. The normalized spacial score (nSPS) is 12.9. The SMILES string of the molecule is CC[C@H](C)NC(=O)Cn1cnc2c(cnn2-c2cccc(C(F)(F)F)c2)c1=O. The molecule has 0 spiro atoms. The van der Waals surface area contributed by atoms with Gasteiger partial charge in [0.15, 0.2) is 5.65 Å². The summed E-state index contributed by atoms with van der Waals surface area (Å²) in [6.45, 7) is 3.56. The number of nitrogens with one attached hydrogen (secondary N) is 1. The van der Waals surface area contributed by atoms with Gasteiger partial charge in [-0.3, -0.25) is 14.2 Å². The third-order valence-electron chi connectivity index (χ3n) is 4.31. The average Bonchev–Trinajstić information content (AvgIpc) is 3.08. The number of hydrogen-bond acceptors (Lipinski definition) is 4. The minimum Gasteiger partial charge on any atom is -0.352 e. The van der Waals surface area contributed by atoms with Crippen LogP contribution in [-0.4, -0.2) is 31.3 Å². The van der Waals surface area contributed by atoms with Gasteiger partial charge in [0.25, 0.3) is 5.56 Å². The molecule has 148 valence electrons. The summed E-state index contributed by atoms with van der Waals surface area (Å²) in [5, 5.41) is 6.86. The molecule has 0 saturated carbocycles. The van der Waals surface area contributed by atoms with Crippen LogP contribution < -0.4 is 10.9 Å². The molecule has 0 fully saturated rings. The summed E-state index contributed by atoms with van der Waals surface area (Å²) >= 11 is 0. The van der Waals surface area contributed by atoms with Crippen molar-refractivity contribution in [1.29, 1.82) is 0 Å². The smallest absolute Gasteiger partial charge is 0.352 e. The van der Waals surface area contributed by atoms with E-state index in [2.05, 4.69) is 15.4 Å². The van der Waals surface area contributed by atoms with Gasteiger partial charge in [-0.15, -0.1) is 0 Å². The number of aromatic nitrogens is 4. The van der Waals surface area contributed by atoms with E-state index in [9.17, 15) is 22.8 Å². The number of carbonyl (C=O) groups excluding carboxylic acids is 1. The predicted octanol–water partition coefficient (Wildman–Crippen LogP) is 2.52. The summed E-state index contributed by atoms with van der Waals surface area (Å²) in [7, 11) is 0. The summed E-state index contributed by atoms with van der Waals surface area (Å²) in [5.74, 6) is -0.331. The Kier molecular flexibility index (Phi) is 5.21. The predicted molar refractivity (Wildman–Crippen MR) is 96.0 cm³/mol. The molecule has 0 saturated heterocycles. The van der Waals surface area contributed by atoms with Crippen molar-refractivity contribution in [2.45, 2.75) is 39.0 Å². The van der Waals surface area contributed by atoms with Crippen LogP contribution in [-0.2, 0) is 17.5 Å². The molecule has 0 radical (unpaired) electrons. The van der Waals surface area contributed by atoms with Crippen molar-refractivity contribution in [3.63, 3.8) is 0 Å². The van der Waals surface area contributed by atoms with Crippen molar-refractivity contribution in [3.05, 3.63) is 52.7 Å². The molecule has 1 N–H and O–H groups in total. The fourth-order valence-electron chi connectivity index (χ4n) is 2.64. The van der Waals surface area contributed by atoms with Gasteiger partial charge in [-0.25, -0.2) is 9.67 Å². The lowest BCUT2D eigenvalue weighted by atomic mass is 10.2. The van der Waals surface area contributed by atoms with E-state index in [4.69, 9.17) is 0 Å². The molecule has 0 aliphatic heterocycles. The zero-order valence-electron chi connectivity index (χ0n) is 15.2. The molecule has 2 heterocycles. The number of carbonyl (C=O) groups is 1. The first-order valence-corrected chi connectivity index (χ1v) is 8.61. The summed E-state index contributed by atoms with van der Waals surface area (Å²) in [6.07, 6.45) is -1.33. The van der Waals surface area contributed by atoms with E-state index in [1.807, 2.05) is 13.8 Å². The van der Waals surface area contributed by atoms with Gasteiger partial charge < -0.3 is 5.32 Å². The largest absolute Gasteiger partial charge is 0.416 e. The lowest BCUT2D eigenvalue weighted by Gasteiger charge is -2.12. The zero-order valence-corrected chi connectivity index (χ0v) is 15.2. The minimum absolute atomic E-state index is 0.0245. The average molecular weight is 393 g/mol. The molecular weight excluding hydrogens is 375 g/mol. The fraction of sp³-hybridized carbons (Fsp3) is 0.333. The van der Waals surface area contributed by atoms with Crippen LogP contribution in [0.5, 0.6) is 0 Å². The van der Waals surface area contributed by atoms with E-state index < -0.39 is 17.3 Å². The Morgan fingerprint density at radius 3 is 2.75 bits per heavy atom. The first-order chi connectivity index (χ1) is 13.2. The van der Waals surface area contributed by atoms with Crippen LogP contribution in [0.2, 0.25) is 0 Å². The van der Waals surface area contributed by atoms with Gasteiger partial charge in [0.05, 0.1) is 17.4 Å². The number of rotatable bonds is 5. The first kappa shape index (κ1) is 19.6. The topological polar surface area (TPSA) is 81.8 Å². The molecule has 3 rings (SSSR count). The van der Waals surface area contributed by atoms with Crippen LogP contribution >= 0.6 is 0 Å². The molecule has 1 atom stereocenters. The second-order valence-corrected chi connectivity index (χ2v) is 6.40. The summed E-state index contributed by atoms with van der Waals surface area (Å²) < 4.78 is 41.1. The summed E-state index contributed by atoms with van der Waals surface area (Å²) in [6, 6.07) is 4.55. The first-order valence-electron chi connectivity index (χ1n) is 8.61. The number of alkyl halides is 3. The van der Waals surface area contributed by atoms with E-state index in [-0.39, 0.29) is 35.2 Å². The van der Waals surface area contributed by atoms with Gasteiger partial charge >= 0.3 is 6.18 Å². The number of nitrogens with zero attached hydrogens (tertiary/aromatic N) is 4. The third-order valence-corrected chi connectivity index (χ3v) is 4.31. The van der Waals surface area contributed by atoms with E-state index in [1.165, 1.54) is 24.7 Å². The lowest BCUT2D eigenvalue weighted by Crippen LogP contribution is -2.37. The molecule has 0 aliphatic carbocycles. The Bertz CT molecular complexity index is 1070. The molecule has 1 aromatic carbocycles. The van der Waals surface area contributed by atoms with Gasteiger partial charge in [0, 0.05) is 6.04 Å². The molecule has 0 unspecified atom stereocenters. The van der Waals surface area contributed by atoms with Crippen LogP contribution in [0.1, 0.15) is 25.8 Å². The van der Waals surface area contributed by atoms with Crippen molar-refractivity contribution in [1.82, 2.24) is 24.6 Å². The zero-order chi connectivity index (χ0) is 20.5. The number of fused-ring (bicyclic) bond motifs is 1. The van der Waals surface area contributed by atoms with Gasteiger partial charge in [-0.2, -0.15) is 18.3 Å². The Hall–Kier alpha value is -3.17. The number of amides is 1. The Labute approximate surface area is 157 Å². The summed E-state index contributed by atoms with van der Waals surface area (Å²) in [5.41, 5.74) is -1.09. The highest BCUT2D eigenvalue weighted by Crippen LogP contribution is 2.30. The van der Waals surface area contributed by atoms with E-state index in [0.717, 1.165) is 27.8 Å². The molecule has 3 aromatic rings. The van der Waals surface area contributed by atoms with Crippen molar-refractivity contribution in [2.24, 2.45) is 0 Å². The highest BCUT2D eigenvalue weighted by molar-refractivity contribution is 5.78. The molecule has 28 heavy (non-hydrogen) atoms. The van der Waals surface area contributed by atoms with Crippen LogP contribution in [0, 0.1) is 0 Å². The minimum atomic E-state index is -4.50. The maximum atomic E-state index is 12.9. The Balaban J connectivity index is 1.96. The van der Waals surface area contributed by atoms with Gasteiger partial charge in [-0.1, -0.05) is 13.0 Å². The van der Waals surface area contributed by atoms with Gasteiger partial charge in [-0.05, 0) is 31.5 Å². The summed E-state index contributed by atoms with van der Waals surface area (Å²) in [4.78, 5) is 28.7. The monoisotopic (exact) mass is 393 g/mol. The maximum absolute atomic E-state index is 12.9. The van der Waals surface area contributed by atoms with Crippen molar-refractivity contribution >= 4 is 16.9 Å². The van der Waals surface area contributed by atoms with Crippen molar-refractivity contribution < 1.29 is 18.0 Å². The van der Waals surface area contributed by atoms with Gasteiger partial charge in [0.1, 0.15) is 18.3 Å². The second kappa shape index (κ2) is 7.45. The molecule has 0 bridgehead atoms. The van der Waals surface area contributed by atoms with Crippen LogP contribution in [0.3, 0.4) is 0 Å². The molecule has 10 heteroatoms. The van der Waals surface area contributed by atoms with Gasteiger partial charge in [0.2, 0.25) is 5.91 Å². The second-order valence-electron chi connectivity index (χ2n) is 6.40. The molecule has 0 aliphatic rings. The molecule has 2 aromatic heterocycles. The lowest BCUT2D eigenvalue weighted by molar-refractivity contribution is -0.137. The van der Waals surface area contributed by atoms with Crippen LogP contribution in [0.4, 0.5) is 13.2 Å². The number of halogens is 3. The van der Waals surface area contributed by atoms with E-state index >= 15 is 0 Å². The Morgan fingerprint density at radius 2 is 2.07 bits per heavy atom. The Morgan fingerprint density at radius 1 is 1.32 bits per heavy atom. The van der Waals surface area contributed by atoms with Crippen LogP contribution in [0.25, 0.3) is 16.7 Å². The fourth-order valence-corrected chi connectivity index (χ4v) is 2.64. The van der Waals surface area contributed by atoms with E-state index in [1.54, 1.807) is 0 Å². The highest BCUT2D eigenvalue weighted by Gasteiger charge is 2.30. The third kappa shape index (κ3) is 3.90. The maximum Gasteiger partial charge on any atom is 0.416 e. The standard InChI is InChI=1S/C18H18F3N5O2/c1-3-11(2)24-15(27)9-25-10-22-16-14(17(25)28)8-23-26(16)13-6-4-5-12(7-13)18(19,20)21/h4-8,10-11H,3,9H2,1-2H3,(H,24,27)/t11-/m0/s1. The van der Waals surface area contributed by atoms with Crippen molar-refractivity contribution in [3.8, 4) is 5.69 Å². The highest BCUT2D eigenvalue weighted by atomic mass is 19.4. The van der Waals surface area contributed by atoms with E-state index in [0.29, 0.717) is 0 Å². The molecular formula is C18H18F3N5O2. The number of benzene rings is 1. The quantitative estimate of drug-likeness (QED) is 0.722. The molecule has 1 amide bonds. The number of hydrogen-bond donors (Lipinski definition) is 1. The van der Waals surface area contributed by atoms with Crippen LogP contribution in [0.15, 0.2) is 41.6 Å². The van der Waals surface area contributed by atoms with Crippen molar-refractivity contribution in [2.75, 3.05) is 0 Å².